The van der Waals surface area contributed by atoms with Crippen LogP contribution in [-0.2, 0) is 16.3 Å². The Balaban J connectivity index is 2.27. The van der Waals surface area contributed by atoms with E-state index in [0.29, 0.717) is 4.90 Å². The second-order valence-corrected chi connectivity index (χ2v) is 8.49. The van der Waals surface area contributed by atoms with Gasteiger partial charge in [-0.1, -0.05) is 35.0 Å². The van der Waals surface area contributed by atoms with Gasteiger partial charge in [-0.05, 0) is 36.2 Å². The van der Waals surface area contributed by atoms with Gasteiger partial charge in [-0.2, -0.15) is 0 Å². The molecule has 0 spiro atoms. The fourth-order valence-electron chi connectivity index (χ4n) is 1.77. The molecule has 0 bridgehead atoms. The molecular weight excluding hydrogens is 344 g/mol. The zero-order valence-corrected chi connectivity index (χ0v) is 14.0. The smallest absolute Gasteiger partial charge is 0.175 e. The van der Waals surface area contributed by atoms with Crippen LogP contribution in [0.3, 0.4) is 0 Å². The van der Waals surface area contributed by atoms with E-state index in [9.17, 15) is 8.42 Å². The molecule has 0 N–H and O–H groups in total. The summed E-state index contributed by atoms with van der Waals surface area (Å²) >= 11 is 5.45. The molecule has 2 nitrogen and oxygen atoms in total. The van der Waals surface area contributed by atoms with Gasteiger partial charge in [0.25, 0.3) is 0 Å². The summed E-state index contributed by atoms with van der Waals surface area (Å²) in [4.78, 5) is 3.07. The zero-order chi connectivity index (χ0) is 14.0. The van der Waals surface area contributed by atoms with Crippen LogP contribution in [0.25, 0.3) is 0 Å². The maximum atomic E-state index is 11.4. The van der Waals surface area contributed by atoms with Crippen LogP contribution in [0.2, 0.25) is 0 Å². The third-order valence-corrected chi connectivity index (χ3v) is 6.63. The molecule has 0 aliphatic heterocycles. The molecule has 0 amide bonds. The van der Waals surface area contributed by atoms with E-state index in [1.807, 2.05) is 12.1 Å². The van der Waals surface area contributed by atoms with Crippen LogP contribution in [0.5, 0.6) is 0 Å². The number of alkyl halides is 1. The van der Waals surface area contributed by atoms with Gasteiger partial charge in [-0.25, -0.2) is 8.42 Å². The Hall–Kier alpha value is -0.650. The molecule has 0 radical (unpaired) electrons. The molecule has 1 atom stereocenters. The first-order valence-corrected chi connectivity index (χ1v) is 9.57. The van der Waals surface area contributed by atoms with E-state index in [4.69, 9.17) is 0 Å². The maximum Gasteiger partial charge on any atom is 0.175 e. The molecule has 102 valence electrons. The van der Waals surface area contributed by atoms with Crippen molar-refractivity contribution < 1.29 is 8.42 Å². The van der Waals surface area contributed by atoms with E-state index in [1.54, 1.807) is 23.5 Å². The Labute approximate surface area is 126 Å². The highest BCUT2D eigenvalue weighted by Gasteiger charge is 2.14. The van der Waals surface area contributed by atoms with Crippen molar-refractivity contribution in [2.45, 2.75) is 23.1 Å². The van der Waals surface area contributed by atoms with Crippen molar-refractivity contribution in [3.63, 3.8) is 0 Å². The van der Waals surface area contributed by atoms with Crippen molar-refractivity contribution in [3.8, 4) is 0 Å². The lowest BCUT2D eigenvalue weighted by Gasteiger charge is -2.08. The fourth-order valence-corrected chi connectivity index (χ4v) is 4.10. The standard InChI is InChI=1S/C14H15BrO2S2/c1-3-11-6-9-13(18-11)14(15)10-4-7-12(8-5-10)19(2,16)17/h4-9,14H,3H2,1-2H3. The molecule has 0 saturated heterocycles. The van der Waals surface area contributed by atoms with Crippen LogP contribution in [0.1, 0.15) is 27.1 Å². The molecule has 0 aliphatic carbocycles. The molecule has 1 aromatic heterocycles. The lowest BCUT2D eigenvalue weighted by molar-refractivity contribution is 0.602. The summed E-state index contributed by atoms with van der Waals surface area (Å²) in [5, 5.41) is 0. The first-order valence-electron chi connectivity index (χ1n) is 5.94. The molecule has 1 unspecified atom stereocenters. The molecular formula is C14H15BrO2S2. The summed E-state index contributed by atoms with van der Waals surface area (Å²) in [6, 6.07) is 11.3. The number of thiophene rings is 1. The highest BCUT2D eigenvalue weighted by molar-refractivity contribution is 9.09. The maximum absolute atomic E-state index is 11.4. The van der Waals surface area contributed by atoms with Crippen molar-refractivity contribution in [2.24, 2.45) is 0 Å². The topological polar surface area (TPSA) is 34.1 Å². The van der Waals surface area contributed by atoms with Gasteiger partial charge in [0.15, 0.2) is 9.84 Å². The molecule has 5 heteroatoms. The first-order chi connectivity index (χ1) is 8.91. The van der Waals surface area contributed by atoms with E-state index in [-0.39, 0.29) is 4.83 Å². The van der Waals surface area contributed by atoms with E-state index < -0.39 is 9.84 Å². The number of halogens is 1. The minimum atomic E-state index is -3.12. The van der Waals surface area contributed by atoms with Crippen LogP contribution < -0.4 is 0 Å². The third-order valence-electron chi connectivity index (χ3n) is 2.88. The number of rotatable bonds is 4. The quantitative estimate of drug-likeness (QED) is 0.767. The summed E-state index contributed by atoms with van der Waals surface area (Å²) in [5.74, 6) is 0. The van der Waals surface area contributed by atoms with E-state index in [0.717, 1.165) is 12.0 Å². The van der Waals surface area contributed by atoms with Gasteiger partial charge in [-0.15, -0.1) is 11.3 Å². The Bertz CT molecular complexity index is 657. The van der Waals surface area contributed by atoms with Gasteiger partial charge in [0.1, 0.15) is 0 Å². The van der Waals surface area contributed by atoms with Crippen LogP contribution in [0.4, 0.5) is 0 Å². The molecule has 0 fully saturated rings. The van der Waals surface area contributed by atoms with E-state index in [2.05, 4.69) is 35.0 Å². The predicted molar refractivity (Wildman–Crippen MR) is 84.0 cm³/mol. The molecule has 0 aliphatic rings. The van der Waals surface area contributed by atoms with Crippen LogP contribution in [0.15, 0.2) is 41.3 Å². The predicted octanol–water partition coefficient (Wildman–Crippen LogP) is 4.20. The number of benzene rings is 1. The van der Waals surface area contributed by atoms with Gasteiger partial charge in [-0.3, -0.25) is 0 Å². The molecule has 19 heavy (non-hydrogen) atoms. The largest absolute Gasteiger partial charge is 0.224 e. The second kappa shape index (κ2) is 5.77. The monoisotopic (exact) mass is 358 g/mol. The molecule has 2 aromatic rings. The van der Waals surface area contributed by atoms with Gasteiger partial charge < -0.3 is 0 Å². The van der Waals surface area contributed by atoms with Gasteiger partial charge in [0.05, 0.1) is 9.72 Å². The summed E-state index contributed by atoms with van der Waals surface area (Å²) in [6.07, 6.45) is 2.26. The average Bonchev–Trinajstić information content (AvgIpc) is 2.86. The molecule has 1 aromatic carbocycles. The van der Waals surface area contributed by atoms with Crippen LogP contribution >= 0.6 is 27.3 Å². The lowest BCUT2D eigenvalue weighted by atomic mass is 10.1. The van der Waals surface area contributed by atoms with E-state index >= 15 is 0 Å². The zero-order valence-electron chi connectivity index (χ0n) is 10.8. The van der Waals surface area contributed by atoms with Crippen molar-refractivity contribution in [1.82, 2.24) is 0 Å². The molecule has 2 rings (SSSR count). The normalized spacial score (nSPS) is 13.4. The van der Waals surface area contributed by atoms with Crippen LogP contribution in [0, 0.1) is 0 Å². The number of hydrogen-bond donors (Lipinski definition) is 0. The minimum Gasteiger partial charge on any atom is -0.224 e. The van der Waals surface area contributed by atoms with Gasteiger partial charge in [0.2, 0.25) is 0 Å². The number of hydrogen-bond acceptors (Lipinski definition) is 3. The van der Waals surface area contributed by atoms with Crippen molar-refractivity contribution in [1.29, 1.82) is 0 Å². The van der Waals surface area contributed by atoms with Crippen LogP contribution in [-0.4, -0.2) is 14.7 Å². The second-order valence-electron chi connectivity index (χ2n) is 4.36. The lowest BCUT2D eigenvalue weighted by Crippen LogP contribution is -1.97. The number of sulfone groups is 1. The molecule has 0 saturated carbocycles. The number of aryl methyl sites for hydroxylation is 1. The third kappa shape index (κ3) is 3.46. The van der Waals surface area contributed by atoms with Gasteiger partial charge in [0, 0.05) is 16.0 Å². The molecule has 1 heterocycles. The van der Waals surface area contributed by atoms with Crippen molar-refractivity contribution >= 4 is 37.1 Å². The average molecular weight is 359 g/mol. The SMILES string of the molecule is CCc1ccc(C(Br)c2ccc(S(C)(=O)=O)cc2)s1. The van der Waals surface area contributed by atoms with Gasteiger partial charge >= 0.3 is 0 Å². The Kier molecular flexibility index (Phi) is 4.48. The Morgan fingerprint density at radius 3 is 2.26 bits per heavy atom. The summed E-state index contributed by atoms with van der Waals surface area (Å²) in [7, 11) is -3.12. The fraction of sp³-hybridized carbons (Fsp3) is 0.286. The Morgan fingerprint density at radius 2 is 1.79 bits per heavy atom. The highest BCUT2D eigenvalue weighted by atomic mass is 79.9. The summed E-state index contributed by atoms with van der Waals surface area (Å²) < 4.78 is 22.8. The van der Waals surface area contributed by atoms with Crippen molar-refractivity contribution in [2.75, 3.05) is 6.26 Å². The minimum absolute atomic E-state index is 0.117. The first kappa shape index (κ1) is 14.8. The summed E-state index contributed by atoms with van der Waals surface area (Å²) in [6.45, 7) is 2.14. The van der Waals surface area contributed by atoms with E-state index in [1.165, 1.54) is 16.0 Å². The van der Waals surface area contributed by atoms with Crippen molar-refractivity contribution in [3.05, 3.63) is 51.7 Å². The highest BCUT2D eigenvalue weighted by Crippen LogP contribution is 2.35. The summed E-state index contributed by atoms with van der Waals surface area (Å²) in [5.41, 5.74) is 1.07. The Morgan fingerprint density at radius 1 is 1.16 bits per heavy atom.